The van der Waals surface area contributed by atoms with Gasteiger partial charge in [-0.3, -0.25) is 0 Å². The van der Waals surface area contributed by atoms with E-state index in [-0.39, 0.29) is 4.83 Å². The molecule has 0 aliphatic carbocycles. The minimum Gasteiger partial charge on any atom is -0.383 e. The first-order valence-electron chi connectivity index (χ1n) is 4.44. The number of aromatic nitrogens is 2. The molecule has 1 aromatic heterocycles. The highest BCUT2D eigenvalue weighted by Crippen LogP contribution is 2.21. The Morgan fingerprint density at radius 2 is 2.33 bits per heavy atom. The van der Waals surface area contributed by atoms with Crippen LogP contribution in [0.2, 0.25) is 0 Å². The molecule has 15 heavy (non-hydrogen) atoms. The van der Waals surface area contributed by atoms with E-state index >= 15 is 0 Å². The first-order chi connectivity index (χ1) is 7.15. The topological polar surface area (TPSA) is 38.2 Å². The lowest BCUT2D eigenvalue weighted by molar-refractivity contribution is 0.201. The predicted octanol–water partition coefficient (Wildman–Crippen LogP) is 2.09. The molecule has 0 aliphatic rings. The number of alkyl halides is 1. The van der Waals surface area contributed by atoms with Gasteiger partial charge in [-0.1, -0.05) is 15.9 Å². The Labute approximate surface area is 106 Å². The minimum absolute atomic E-state index is 0.286. The van der Waals surface area contributed by atoms with E-state index in [1.54, 1.807) is 13.3 Å². The van der Waals surface area contributed by atoms with Crippen molar-refractivity contribution in [1.82, 2.24) is 9.97 Å². The van der Waals surface area contributed by atoms with E-state index < -0.39 is 0 Å². The van der Waals surface area contributed by atoms with Crippen LogP contribution in [-0.4, -0.2) is 42.1 Å². The van der Waals surface area contributed by atoms with E-state index in [1.807, 2.05) is 11.9 Å². The molecule has 0 amide bonds. The van der Waals surface area contributed by atoms with Gasteiger partial charge in [0.15, 0.2) is 0 Å². The fraction of sp³-hybridized carbons (Fsp3) is 0.556. The molecule has 1 atom stereocenters. The number of nitrogens with zero attached hydrogens (tertiary/aromatic N) is 3. The number of halogens is 2. The fourth-order valence-corrected chi connectivity index (χ4v) is 2.43. The molecule has 6 heteroatoms. The van der Waals surface area contributed by atoms with Gasteiger partial charge in [0, 0.05) is 26.9 Å². The third-order valence-corrected chi connectivity index (χ3v) is 2.94. The van der Waals surface area contributed by atoms with Gasteiger partial charge in [0.1, 0.15) is 12.1 Å². The summed E-state index contributed by atoms with van der Waals surface area (Å²) in [5.41, 5.74) is 0. The summed E-state index contributed by atoms with van der Waals surface area (Å²) >= 11 is 6.95. The van der Waals surface area contributed by atoms with Gasteiger partial charge in [-0.15, -0.1) is 0 Å². The van der Waals surface area contributed by atoms with Gasteiger partial charge in [-0.2, -0.15) is 0 Å². The smallest absolute Gasteiger partial charge is 0.146 e. The molecule has 4 nitrogen and oxygen atoms in total. The molecular weight excluding hydrogens is 326 g/mol. The van der Waals surface area contributed by atoms with Crippen LogP contribution in [0.25, 0.3) is 0 Å². The summed E-state index contributed by atoms with van der Waals surface area (Å²) in [6.07, 6.45) is 3.27. The van der Waals surface area contributed by atoms with Gasteiger partial charge in [-0.05, 0) is 15.9 Å². The van der Waals surface area contributed by atoms with Crippen LogP contribution in [0.5, 0.6) is 0 Å². The van der Waals surface area contributed by atoms with Crippen molar-refractivity contribution < 1.29 is 4.74 Å². The second-order valence-corrected chi connectivity index (χ2v) is 5.28. The number of methoxy groups -OCH3 is 1. The van der Waals surface area contributed by atoms with Gasteiger partial charge >= 0.3 is 0 Å². The summed E-state index contributed by atoms with van der Waals surface area (Å²) in [6, 6.07) is 0. The van der Waals surface area contributed by atoms with Crippen molar-refractivity contribution in [2.45, 2.75) is 4.83 Å². The first-order valence-corrected chi connectivity index (χ1v) is 6.15. The Bertz CT molecular complexity index is 311. The second kappa shape index (κ2) is 6.40. The van der Waals surface area contributed by atoms with Gasteiger partial charge in [0.2, 0.25) is 0 Å². The number of hydrogen-bond donors (Lipinski definition) is 0. The van der Waals surface area contributed by atoms with Gasteiger partial charge in [0.05, 0.1) is 15.9 Å². The zero-order valence-corrected chi connectivity index (χ0v) is 11.8. The molecule has 0 saturated carbocycles. The van der Waals surface area contributed by atoms with E-state index in [9.17, 15) is 0 Å². The average Bonchev–Trinajstić information content (AvgIpc) is 2.18. The summed E-state index contributed by atoms with van der Waals surface area (Å²) in [5.74, 6) is 0.880. The molecule has 1 unspecified atom stereocenters. The molecule has 0 fully saturated rings. The standard InChI is InChI=1S/C9H13Br2N3O/c1-14(4-7(10)5-15-2)9-8(11)3-12-6-13-9/h3,6-7H,4-5H2,1-2H3. The van der Waals surface area contributed by atoms with Gasteiger partial charge in [0.25, 0.3) is 0 Å². The number of ether oxygens (including phenoxy) is 1. The van der Waals surface area contributed by atoms with Crippen molar-refractivity contribution >= 4 is 37.7 Å². The maximum absolute atomic E-state index is 5.05. The van der Waals surface area contributed by atoms with Crippen LogP contribution in [0.1, 0.15) is 0 Å². The molecule has 0 N–H and O–H groups in total. The molecule has 1 rings (SSSR count). The highest BCUT2D eigenvalue weighted by molar-refractivity contribution is 9.10. The van der Waals surface area contributed by atoms with Crippen molar-refractivity contribution in [3.05, 3.63) is 17.0 Å². The summed E-state index contributed by atoms with van der Waals surface area (Å²) in [4.78, 5) is 10.5. The Kier molecular flexibility index (Phi) is 5.49. The molecule has 0 aliphatic heterocycles. The monoisotopic (exact) mass is 337 g/mol. The lowest BCUT2D eigenvalue weighted by Crippen LogP contribution is -2.29. The van der Waals surface area contributed by atoms with Crippen LogP contribution in [0.3, 0.4) is 0 Å². The molecule has 1 aromatic rings. The first kappa shape index (κ1) is 12.9. The van der Waals surface area contributed by atoms with Crippen LogP contribution in [0.4, 0.5) is 5.82 Å². The zero-order valence-electron chi connectivity index (χ0n) is 8.65. The van der Waals surface area contributed by atoms with E-state index in [2.05, 4.69) is 41.8 Å². The average molecular weight is 339 g/mol. The largest absolute Gasteiger partial charge is 0.383 e. The van der Waals surface area contributed by atoms with Crippen molar-refractivity contribution in [3.8, 4) is 0 Å². The molecule has 1 heterocycles. The lowest BCUT2D eigenvalue weighted by atomic mass is 10.4. The van der Waals surface area contributed by atoms with Crippen molar-refractivity contribution in [1.29, 1.82) is 0 Å². The van der Waals surface area contributed by atoms with E-state index in [4.69, 9.17) is 4.74 Å². The van der Waals surface area contributed by atoms with Crippen LogP contribution in [0.15, 0.2) is 17.0 Å². The van der Waals surface area contributed by atoms with Gasteiger partial charge < -0.3 is 9.64 Å². The SMILES string of the molecule is COCC(Br)CN(C)c1ncncc1Br. The molecule has 0 saturated heterocycles. The van der Waals surface area contributed by atoms with Crippen molar-refractivity contribution in [2.24, 2.45) is 0 Å². The summed E-state index contributed by atoms with van der Waals surface area (Å²) in [6.45, 7) is 1.50. The fourth-order valence-electron chi connectivity index (χ4n) is 1.20. The Balaban J connectivity index is 2.61. The van der Waals surface area contributed by atoms with Crippen LogP contribution in [0, 0.1) is 0 Å². The number of hydrogen-bond acceptors (Lipinski definition) is 4. The summed E-state index contributed by atoms with van der Waals surface area (Å²) < 4.78 is 5.95. The highest BCUT2D eigenvalue weighted by atomic mass is 79.9. The van der Waals surface area contributed by atoms with Crippen LogP contribution < -0.4 is 4.90 Å². The predicted molar refractivity (Wildman–Crippen MR) is 67.6 cm³/mol. The molecular formula is C9H13Br2N3O. The highest BCUT2D eigenvalue weighted by Gasteiger charge is 2.11. The second-order valence-electron chi connectivity index (χ2n) is 3.13. The molecule has 84 valence electrons. The maximum atomic E-state index is 5.05. The van der Waals surface area contributed by atoms with Crippen LogP contribution in [-0.2, 0) is 4.74 Å². The number of rotatable bonds is 5. The Hall–Kier alpha value is -0.200. The molecule has 0 radical (unpaired) electrons. The summed E-state index contributed by atoms with van der Waals surface area (Å²) in [5, 5.41) is 0. The Morgan fingerprint density at radius 3 is 2.93 bits per heavy atom. The third-order valence-electron chi connectivity index (χ3n) is 1.83. The van der Waals surface area contributed by atoms with E-state index in [0.29, 0.717) is 6.61 Å². The maximum Gasteiger partial charge on any atom is 0.146 e. The van der Waals surface area contributed by atoms with Crippen molar-refractivity contribution in [3.63, 3.8) is 0 Å². The minimum atomic E-state index is 0.286. The Morgan fingerprint density at radius 1 is 1.60 bits per heavy atom. The van der Waals surface area contributed by atoms with E-state index in [0.717, 1.165) is 16.8 Å². The number of anilines is 1. The molecule has 0 bridgehead atoms. The zero-order chi connectivity index (χ0) is 11.3. The van der Waals surface area contributed by atoms with Crippen LogP contribution >= 0.6 is 31.9 Å². The molecule has 0 spiro atoms. The van der Waals surface area contributed by atoms with Crippen molar-refractivity contribution in [2.75, 3.05) is 32.2 Å². The quantitative estimate of drug-likeness (QED) is 0.770. The lowest BCUT2D eigenvalue weighted by Gasteiger charge is -2.21. The molecule has 0 aromatic carbocycles. The van der Waals surface area contributed by atoms with Gasteiger partial charge in [-0.25, -0.2) is 9.97 Å². The van der Waals surface area contributed by atoms with E-state index in [1.165, 1.54) is 6.33 Å². The third kappa shape index (κ3) is 4.04. The summed E-state index contributed by atoms with van der Waals surface area (Å²) in [7, 11) is 3.67. The normalized spacial score (nSPS) is 12.5.